The van der Waals surface area contributed by atoms with Crippen molar-refractivity contribution in [2.24, 2.45) is 0 Å². The minimum Gasteiger partial charge on any atom is -0.493 e. The maximum Gasteiger partial charge on any atom is 0.252 e. The molecule has 0 amide bonds. The van der Waals surface area contributed by atoms with Crippen molar-refractivity contribution < 1.29 is 14.2 Å². The number of rotatable bonds is 7. The number of benzene rings is 1. The highest BCUT2D eigenvalue weighted by atomic mass is 16.5. The van der Waals surface area contributed by atoms with Crippen LogP contribution < -0.4 is 20.3 Å². The number of ether oxygens (including phenoxy) is 3. The third kappa shape index (κ3) is 4.49. The highest BCUT2D eigenvalue weighted by molar-refractivity contribution is 5.79. The fourth-order valence-electron chi connectivity index (χ4n) is 4.01. The standard InChI is InChI=1S/C23H28N4O4/c1-15-12-21(28)27(17-7-10-31-11-8-17)22-18(15)14-25-23(26-22)24-9-6-16-4-5-19(29-2)20(13-16)30-3/h4-5,12-14,17H,6-11H2,1-3H3,(H,24,25,26). The van der Waals surface area contributed by atoms with Crippen LogP contribution >= 0.6 is 0 Å². The Hall–Kier alpha value is -3.13. The smallest absolute Gasteiger partial charge is 0.252 e. The molecule has 1 aliphatic rings. The molecule has 8 nitrogen and oxygen atoms in total. The molecule has 1 saturated heterocycles. The molecule has 0 bridgehead atoms. The second-order valence-corrected chi connectivity index (χ2v) is 7.68. The lowest BCUT2D eigenvalue weighted by atomic mass is 10.1. The quantitative estimate of drug-likeness (QED) is 0.623. The van der Waals surface area contributed by atoms with Crippen LogP contribution in [0.15, 0.2) is 35.3 Å². The molecular weight excluding hydrogens is 396 g/mol. The van der Waals surface area contributed by atoms with Crippen LogP contribution in [0.3, 0.4) is 0 Å². The van der Waals surface area contributed by atoms with Crippen molar-refractivity contribution >= 4 is 17.0 Å². The average molecular weight is 425 g/mol. The highest BCUT2D eigenvalue weighted by Crippen LogP contribution is 2.28. The van der Waals surface area contributed by atoms with E-state index in [0.29, 0.717) is 42.9 Å². The van der Waals surface area contributed by atoms with Gasteiger partial charge in [0, 0.05) is 43.4 Å². The van der Waals surface area contributed by atoms with Crippen molar-refractivity contribution in [2.75, 3.05) is 39.3 Å². The SMILES string of the molecule is COc1ccc(CCNc2ncc3c(C)cc(=O)n(C4CCOCC4)c3n2)cc1OC. The fraction of sp³-hybridized carbons (Fsp3) is 0.435. The van der Waals surface area contributed by atoms with E-state index in [2.05, 4.69) is 10.3 Å². The largest absolute Gasteiger partial charge is 0.493 e. The minimum absolute atomic E-state index is 0.0214. The normalized spacial score (nSPS) is 14.5. The first kappa shape index (κ1) is 21.1. The Morgan fingerprint density at radius 1 is 1.16 bits per heavy atom. The van der Waals surface area contributed by atoms with Crippen LogP contribution in [0.4, 0.5) is 5.95 Å². The topological polar surface area (TPSA) is 87.5 Å². The van der Waals surface area contributed by atoms with Crippen LogP contribution in [-0.2, 0) is 11.2 Å². The molecule has 8 heteroatoms. The lowest BCUT2D eigenvalue weighted by Crippen LogP contribution is -2.30. The number of hydrogen-bond donors (Lipinski definition) is 1. The summed E-state index contributed by atoms with van der Waals surface area (Å²) in [6, 6.07) is 7.64. The number of nitrogens with one attached hydrogen (secondary N) is 1. The molecule has 1 N–H and O–H groups in total. The zero-order valence-electron chi connectivity index (χ0n) is 18.2. The Morgan fingerprint density at radius 2 is 1.94 bits per heavy atom. The number of hydrogen-bond acceptors (Lipinski definition) is 7. The molecule has 0 unspecified atom stereocenters. The van der Waals surface area contributed by atoms with Gasteiger partial charge in [-0.1, -0.05) is 6.07 Å². The van der Waals surface area contributed by atoms with Gasteiger partial charge in [-0.2, -0.15) is 4.98 Å². The lowest BCUT2D eigenvalue weighted by Gasteiger charge is -2.25. The number of nitrogens with zero attached hydrogens (tertiary/aromatic N) is 3. The van der Waals surface area contributed by atoms with Crippen molar-refractivity contribution in [2.45, 2.75) is 32.2 Å². The predicted molar refractivity (Wildman–Crippen MR) is 119 cm³/mol. The van der Waals surface area contributed by atoms with E-state index in [1.54, 1.807) is 26.5 Å². The molecule has 31 heavy (non-hydrogen) atoms. The minimum atomic E-state index is -0.0214. The molecular formula is C23H28N4O4. The van der Waals surface area contributed by atoms with Gasteiger partial charge in [0.05, 0.1) is 14.2 Å². The number of fused-ring (bicyclic) bond motifs is 1. The summed E-state index contributed by atoms with van der Waals surface area (Å²) in [5.74, 6) is 1.93. The molecule has 0 radical (unpaired) electrons. The van der Waals surface area contributed by atoms with Gasteiger partial charge in [0.1, 0.15) is 5.65 Å². The van der Waals surface area contributed by atoms with E-state index in [0.717, 1.165) is 35.8 Å². The van der Waals surface area contributed by atoms with E-state index in [9.17, 15) is 4.79 Å². The second-order valence-electron chi connectivity index (χ2n) is 7.68. The molecule has 0 atom stereocenters. The molecule has 1 aliphatic heterocycles. The van der Waals surface area contributed by atoms with E-state index in [1.807, 2.05) is 29.7 Å². The first-order chi connectivity index (χ1) is 15.1. The van der Waals surface area contributed by atoms with Crippen molar-refractivity contribution in [1.29, 1.82) is 0 Å². The second kappa shape index (κ2) is 9.34. The van der Waals surface area contributed by atoms with E-state index in [4.69, 9.17) is 19.2 Å². The Bertz CT molecular complexity index is 1120. The number of pyridine rings is 1. The molecule has 4 rings (SSSR count). The van der Waals surface area contributed by atoms with Crippen molar-refractivity contribution in [1.82, 2.24) is 14.5 Å². The summed E-state index contributed by atoms with van der Waals surface area (Å²) in [4.78, 5) is 22.0. The average Bonchev–Trinajstić information content (AvgIpc) is 2.79. The van der Waals surface area contributed by atoms with Crippen LogP contribution in [0.5, 0.6) is 11.5 Å². The molecule has 3 heterocycles. The number of aromatic nitrogens is 3. The summed E-state index contributed by atoms with van der Waals surface area (Å²) in [6.45, 7) is 3.89. The first-order valence-electron chi connectivity index (χ1n) is 10.5. The highest BCUT2D eigenvalue weighted by Gasteiger charge is 2.20. The zero-order chi connectivity index (χ0) is 21.8. The van der Waals surface area contributed by atoms with E-state index >= 15 is 0 Å². The Labute approximate surface area is 181 Å². The molecule has 164 valence electrons. The van der Waals surface area contributed by atoms with Gasteiger partial charge in [0.25, 0.3) is 5.56 Å². The third-order valence-corrected chi connectivity index (χ3v) is 5.70. The molecule has 1 fully saturated rings. The molecule has 3 aromatic rings. The first-order valence-corrected chi connectivity index (χ1v) is 10.5. The van der Waals surface area contributed by atoms with Crippen LogP contribution in [0, 0.1) is 6.92 Å². The van der Waals surface area contributed by atoms with E-state index in [1.165, 1.54) is 0 Å². The Kier molecular flexibility index (Phi) is 6.36. The predicted octanol–water partition coefficient (Wildman–Crippen LogP) is 3.12. The summed E-state index contributed by atoms with van der Waals surface area (Å²) in [5, 5.41) is 4.19. The maximum atomic E-state index is 12.8. The van der Waals surface area contributed by atoms with Crippen molar-refractivity contribution in [3.63, 3.8) is 0 Å². The van der Waals surface area contributed by atoms with Gasteiger partial charge in [0.2, 0.25) is 5.95 Å². The van der Waals surface area contributed by atoms with Gasteiger partial charge >= 0.3 is 0 Å². The van der Waals surface area contributed by atoms with Crippen LogP contribution in [-0.4, -0.2) is 48.5 Å². The Balaban J connectivity index is 1.55. The number of methoxy groups -OCH3 is 2. The van der Waals surface area contributed by atoms with E-state index in [-0.39, 0.29) is 11.6 Å². The lowest BCUT2D eigenvalue weighted by molar-refractivity contribution is 0.0697. The summed E-state index contributed by atoms with van der Waals surface area (Å²) in [7, 11) is 3.25. The van der Waals surface area contributed by atoms with E-state index < -0.39 is 0 Å². The van der Waals surface area contributed by atoms with Crippen molar-refractivity contribution in [3.8, 4) is 11.5 Å². The summed E-state index contributed by atoms with van der Waals surface area (Å²) in [5.41, 5.74) is 2.66. The fourth-order valence-corrected chi connectivity index (χ4v) is 4.01. The van der Waals surface area contributed by atoms with Crippen molar-refractivity contribution in [3.05, 3.63) is 51.9 Å². The third-order valence-electron chi connectivity index (χ3n) is 5.70. The molecule has 1 aromatic carbocycles. The van der Waals surface area contributed by atoms with Crippen LogP contribution in [0.25, 0.3) is 11.0 Å². The maximum absolute atomic E-state index is 12.8. The molecule has 0 saturated carbocycles. The molecule has 0 spiro atoms. The van der Waals surface area contributed by atoms with Gasteiger partial charge in [0.15, 0.2) is 11.5 Å². The summed E-state index contributed by atoms with van der Waals surface area (Å²) in [6.07, 6.45) is 4.18. The van der Waals surface area contributed by atoms with Crippen LogP contribution in [0.2, 0.25) is 0 Å². The summed E-state index contributed by atoms with van der Waals surface area (Å²) < 4.78 is 17.9. The number of aryl methyl sites for hydroxylation is 1. The monoisotopic (exact) mass is 424 g/mol. The van der Waals surface area contributed by atoms with Gasteiger partial charge in [-0.15, -0.1) is 0 Å². The number of anilines is 1. The van der Waals surface area contributed by atoms with Gasteiger partial charge in [-0.3, -0.25) is 9.36 Å². The Morgan fingerprint density at radius 3 is 2.68 bits per heavy atom. The molecule has 2 aromatic heterocycles. The summed E-state index contributed by atoms with van der Waals surface area (Å²) >= 11 is 0. The molecule has 0 aliphatic carbocycles. The van der Waals surface area contributed by atoms with Gasteiger partial charge in [-0.25, -0.2) is 4.98 Å². The van der Waals surface area contributed by atoms with Gasteiger partial charge < -0.3 is 19.5 Å². The van der Waals surface area contributed by atoms with Crippen LogP contribution in [0.1, 0.15) is 30.0 Å². The zero-order valence-corrected chi connectivity index (χ0v) is 18.2. The van der Waals surface area contributed by atoms with Gasteiger partial charge in [-0.05, 0) is 49.4 Å².